The van der Waals surface area contributed by atoms with Gasteiger partial charge in [0.2, 0.25) is 0 Å². The summed E-state index contributed by atoms with van der Waals surface area (Å²) in [7, 11) is 3.32. The predicted molar refractivity (Wildman–Crippen MR) is 161 cm³/mol. The number of carbonyl (C=O) groups excluding carboxylic acids is 1. The monoisotopic (exact) mass is 571 g/mol. The van der Waals surface area contributed by atoms with Crippen LogP contribution >= 0.6 is 11.6 Å². The average Bonchev–Trinajstić information content (AvgIpc) is 2.99. The van der Waals surface area contributed by atoms with Crippen molar-refractivity contribution in [3.63, 3.8) is 0 Å². The molecule has 0 spiro atoms. The van der Waals surface area contributed by atoms with Gasteiger partial charge in [-0.15, -0.1) is 0 Å². The van der Waals surface area contributed by atoms with Crippen LogP contribution in [0.5, 0.6) is 11.5 Å². The van der Waals surface area contributed by atoms with Gasteiger partial charge in [0, 0.05) is 13.1 Å². The molecule has 1 fully saturated rings. The van der Waals surface area contributed by atoms with Gasteiger partial charge in [-0.1, -0.05) is 72.3 Å². The molecule has 1 saturated heterocycles. The van der Waals surface area contributed by atoms with Crippen molar-refractivity contribution >= 4 is 23.3 Å². The summed E-state index contributed by atoms with van der Waals surface area (Å²) in [4.78, 5) is 15.2. The zero-order chi connectivity index (χ0) is 28.7. The van der Waals surface area contributed by atoms with Gasteiger partial charge in [-0.2, -0.15) is 0 Å². The van der Waals surface area contributed by atoms with Gasteiger partial charge in [0.25, 0.3) is 0 Å². The minimum atomic E-state index is -0.459. The second-order valence-electron chi connectivity index (χ2n) is 10.3. The quantitative estimate of drug-likeness (QED) is 0.171. The van der Waals surface area contributed by atoms with E-state index in [4.69, 9.17) is 30.5 Å². The highest BCUT2D eigenvalue weighted by Crippen LogP contribution is 2.40. The molecule has 0 aliphatic carbocycles. The smallest absolute Gasteiger partial charge is 0.307 e. The van der Waals surface area contributed by atoms with E-state index in [1.54, 1.807) is 14.2 Å². The Labute approximate surface area is 246 Å². The van der Waals surface area contributed by atoms with E-state index in [0.717, 1.165) is 39.4 Å². The van der Waals surface area contributed by atoms with E-state index in [-0.39, 0.29) is 19.0 Å². The highest BCUT2D eigenvalue weighted by molar-refractivity contribution is 6.33. The third kappa shape index (κ3) is 7.02. The summed E-state index contributed by atoms with van der Waals surface area (Å²) in [6.07, 6.45) is 0.234. The largest absolute Gasteiger partial charge is 0.497 e. The molecule has 1 heterocycles. The van der Waals surface area contributed by atoms with E-state index in [9.17, 15) is 4.79 Å². The van der Waals surface area contributed by atoms with Crippen LogP contribution < -0.4 is 14.4 Å². The molecule has 0 unspecified atom stereocenters. The molecular weight excluding hydrogens is 538 g/mol. The Balaban J connectivity index is 1.40. The maximum Gasteiger partial charge on any atom is 0.307 e. The number of ether oxygens (including phenoxy) is 4. The van der Waals surface area contributed by atoms with Crippen molar-refractivity contribution < 1.29 is 23.7 Å². The summed E-state index contributed by atoms with van der Waals surface area (Å²) < 4.78 is 22.0. The topological polar surface area (TPSA) is 57.2 Å². The van der Waals surface area contributed by atoms with Crippen LogP contribution in [0.3, 0.4) is 0 Å². The highest BCUT2D eigenvalue weighted by atomic mass is 35.5. The van der Waals surface area contributed by atoms with E-state index in [1.165, 1.54) is 0 Å². The van der Waals surface area contributed by atoms with Crippen molar-refractivity contribution in [3.05, 3.63) is 124 Å². The van der Waals surface area contributed by atoms with Crippen LogP contribution in [0, 0.1) is 0 Å². The molecule has 6 nitrogen and oxygen atoms in total. The summed E-state index contributed by atoms with van der Waals surface area (Å²) in [6, 6.07) is 31.8. The van der Waals surface area contributed by atoms with Crippen LogP contribution in [-0.4, -0.2) is 33.4 Å². The van der Waals surface area contributed by atoms with Gasteiger partial charge >= 0.3 is 5.97 Å². The van der Waals surface area contributed by atoms with Crippen molar-refractivity contribution in [1.82, 2.24) is 0 Å². The Morgan fingerprint density at radius 1 is 0.805 bits per heavy atom. The number of halogens is 1. The first-order chi connectivity index (χ1) is 20.0. The van der Waals surface area contributed by atoms with Crippen LogP contribution in [0.25, 0.3) is 0 Å². The molecule has 0 bridgehead atoms. The molecule has 0 saturated carbocycles. The fourth-order valence-electron chi connectivity index (χ4n) is 5.00. The Kier molecular flexibility index (Phi) is 9.12. The number of rotatable bonds is 12. The molecule has 0 amide bonds. The number of hydrogen-bond acceptors (Lipinski definition) is 6. The van der Waals surface area contributed by atoms with Gasteiger partial charge in [-0.05, 0) is 58.7 Å². The van der Waals surface area contributed by atoms with Gasteiger partial charge in [0.15, 0.2) is 0 Å². The van der Waals surface area contributed by atoms with Crippen molar-refractivity contribution in [2.45, 2.75) is 31.5 Å². The Morgan fingerprint density at radius 3 is 1.90 bits per heavy atom. The average molecular weight is 572 g/mol. The number of carbonyl (C=O) groups is 1. The molecule has 4 aromatic rings. The predicted octanol–water partition coefficient (Wildman–Crippen LogP) is 6.97. The molecule has 0 radical (unpaired) electrons. The van der Waals surface area contributed by atoms with Crippen molar-refractivity contribution in [1.29, 1.82) is 0 Å². The second kappa shape index (κ2) is 13.1. The third-order valence-electron chi connectivity index (χ3n) is 7.45. The molecule has 0 aromatic heterocycles. The molecule has 5 rings (SSSR count). The van der Waals surface area contributed by atoms with Gasteiger partial charge in [-0.25, -0.2) is 0 Å². The first kappa shape index (κ1) is 28.5. The van der Waals surface area contributed by atoms with E-state index in [2.05, 4.69) is 35.2 Å². The first-order valence-electron chi connectivity index (χ1n) is 13.6. The normalized spacial score (nSPS) is 13.6. The lowest BCUT2D eigenvalue weighted by molar-refractivity contribution is -0.153. The summed E-state index contributed by atoms with van der Waals surface area (Å²) >= 11 is 6.85. The number of nitrogens with zero attached hydrogens (tertiary/aromatic N) is 1. The lowest BCUT2D eigenvalue weighted by Crippen LogP contribution is -2.48. The highest BCUT2D eigenvalue weighted by Gasteiger charge is 2.43. The number of hydrogen-bond donors (Lipinski definition) is 0. The third-order valence-corrected chi connectivity index (χ3v) is 7.77. The fraction of sp³-hybridized carbons (Fsp3) is 0.265. The molecule has 1 aliphatic heterocycles. The van der Waals surface area contributed by atoms with Gasteiger partial charge in [-0.3, -0.25) is 4.79 Å². The first-order valence-corrected chi connectivity index (χ1v) is 13.9. The van der Waals surface area contributed by atoms with Crippen LogP contribution in [-0.2, 0) is 39.4 Å². The lowest BCUT2D eigenvalue weighted by Gasteiger charge is -2.42. The molecule has 7 heteroatoms. The summed E-state index contributed by atoms with van der Waals surface area (Å²) in [6.45, 7) is 2.40. The van der Waals surface area contributed by atoms with Gasteiger partial charge in [0.1, 0.15) is 18.1 Å². The van der Waals surface area contributed by atoms with Crippen molar-refractivity contribution in [3.8, 4) is 11.5 Å². The molecule has 4 aromatic carbocycles. The molecule has 1 aliphatic rings. The van der Waals surface area contributed by atoms with Crippen molar-refractivity contribution in [2.24, 2.45) is 0 Å². The molecule has 0 N–H and O–H groups in total. The van der Waals surface area contributed by atoms with Gasteiger partial charge < -0.3 is 23.8 Å². The number of anilines is 1. The molecule has 212 valence electrons. The zero-order valence-corrected chi connectivity index (χ0v) is 24.1. The van der Waals surface area contributed by atoms with Crippen LogP contribution in [0.15, 0.2) is 97.1 Å². The number of methoxy groups -OCH3 is 2. The Hall–Kier alpha value is -4.00. The molecule has 41 heavy (non-hydrogen) atoms. The molecule has 0 atom stereocenters. The summed E-state index contributed by atoms with van der Waals surface area (Å²) in [5, 5.41) is 0.637. The Bertz CT molecular complexity index is 1390. The van der Waals surface area contributed by atoms with Crippen molar-refractivity contribution in [2.75, 3.05) is 32.3 Å². The fourth-order valence-corrected chi connectivity index (χ4v) is 5.24. The minimum Gasteiger partial charge on any atom is -0.497 e. The van der Waals surface area contributed by atoms with E-state index in [0.29, 0.717) is 31.3 Å². The summed E-state index contributed by atoms with van der Waals surface area (Å²) in [5.41, 5.74) is 4.63. The summed E-state index contributed by atoms with van der Waals surface area (Å²) in [5.74, 6) is 1.37. The van der Waals surface area contributed by atoms with Crippen LogP contribution in [0.2, 0.25) is 5.02 Å². The van der Waals surface area contributed by atoms with E-state index in [1.807, 2.05) is 66.7 Å². The zero-order valence-electron chi connectivity index (χ0n) is 23.3. The Morgan fingerprint density at radius 2 is 1.39 bits per heavy atom. The maximum absolute atomic E-state index is 12.9. The SMILES string of the molecule is COc1ccc(CN(Cc2ccc(OC)cc2)c2cc(C3(CC(=O)OCc4ccccc4)COC3)ccc2Cl)cc1. The maximum atomic E-state index is 12.9. The number of benzene rings is 4. The number of esters is 1. The van der Waals surface area contributed by atoms with Crippen LogP contribution in [0.4, 0.5) is 5.69 Å². The molecular formula is C34H34ClNO5. The lowest BCUT2D eigenvalue weighted by atomic mass is 9.75. The van der Waals surface area contributed by atoms with Gasteiger partial charge in [0.05, 0.1) is 50.0 Å². The van der Waals surface area contributed by atoms with Crippen LogP contribution in [0.1, 0.15) is 28.7 Å². The minimum absolute atomic E-state index is 0.234. The van der Waals surface area contributed by atoms with E-state index < -0.39 is 5.41 Å². The van der Waals surface area contributed by atoms with E-state index >= 15 is 0 Å². The second-order valence-corrected chi connectivity index (χ2v) is 10.7. The standard InChI is InChI=1S/C34H34ClNO5/c1-38-29-13-8-25(9-14-29)20-36(21-26-10-15-30(39-2)16-11-26)32-18-28(12-17-31(32)35)34(23-40-24-34)19-33(37)41-22-27-6-4-3-5-7-27/h3-18H,19-24H2,1-2H3.